The molecule has 0 saturated carbocycles. The third-order valence-corrected chi connectivity index (χ3v) is 4.22. The van der Waals surface area contributed by atoms with E-state index in [-0.39, 0.29) is 6.04 Å². The smallest absolute Gasteiger partial charge is 0.133 e. The summed E-state index contributed by atoms with van der Waals surface area (Å²) in [5.41, 5.74) is 2.97. The third-order valence-electron chi connectivity index (χ3n) is 3.60. The van der Waals surface area contributed by atoms with Crippen LogP contribution in [0, 0.1) is 6.92 Å². The van der Waals surface area contributed by atoms with E-state index < -0.39 is 0 Å². The number of nitrogens with one attached hydrogen (secondary N) is 1. The number of phenols is 1. The Kier molecular flexibility index (Phi) is 5.26. The maximum atomic E-state index is 10.0. The molecule has 0 saturated heterocycles. The molecule has 0 aromatic heterocycles. The minimum atomic E-state index is 0.173. The number of ether oxygens (including phenoxy) is 1. The Morgan fingerprint density at radius 2 is 2.05 bits per heavy atom. The fourth-order valence-electron chi connectivity index (χ4n) is 2.20. The number of para-hydroxylation sites is 1. The molecule has 0 aliphatic carbocycles. The molecule has 2 rings (SSSR count). The molecule has 0 heterocycles. The summed E-state index contributed by atoms with van der Waals surface area (Å²) in [5.74, 6) is 1.19. The van der Waals surface area contributed by atoms with E-state index in [1.54, 1.807) is 7.11 Å². The van der Waals surface area contributed by atoms with Gasteiger partial charge in [0.2, 0.25) is 0 Å². The minimum Gasteiger partial charge on any atom is -0.507 e. The monoisotopic (exact) mass is 349 g/mol. The van der Waals surface area contributed by atoms with Crippen LogP contribution in [0.1, 0.15) is 29.7 Å². The normalized spacial score (nSPS) is 12.2. The molecule has 0 aliphatic heterocycles. The van der Waals surface area contributed by atoms with Crippen LogP contribution in [-0.4, -0.2) is 12.2 Å². The van der Waals surface area contributed by atoms with Crippen molar-refractivity contribution >= 4 is 15.9 Å². The summed E-state index contributed by atoms with van der Waals surface area (Å²) in [7, 11) is 1.65. The molecule has 0 aliphatic rings. The van der Waals surface area contributed by atoms with Crippen molar-refractivity contribution in [3.05, 3.63) is 57.6 Å². The van der Waals surface area contributed by atoms with E-state index in [0.29, 0.717) is 12.3 Å². The maximum Gasteiger partial charge on any atom is 0.133 e. The summed E-state index contributed by atoms with van der Waals surface area (Å²) in [4.78, 5) is 0. The number of hydrogen-bond acceptors (Lipinski definition) is 3. The molecule has 0 spiro atoms. The van der Waals surface area contributed by atoms with E-state index in [9.17, 15) is 5.11 Å². The molecule has 0 amide bonds. The van der Waals surface area contributed by atoms with Crippen molar-refractivity contribution in [2.45, 2.75) is 26.4 Å². The molecule has 4 heteroatoms. The summed E-state index contributed by atoms with van der Waals surface area (Å²) in [6.07, 6.45) is 0. The van der Waals surface area contributed by atoms with Crippen molar-refractivity contribution < 1.29 is 9.84 Å². The SMILES string of the molecule is COc1ccc(C(C)NCc2cccc(C)c2O)cc1Br. The zero-order chi connectivity index (χ0) is 15.4. The Labute approximate surface area is 134 Å². The van der Waals surface area contributed by atoms with Crippen molar-refractivity contribution in [2.24, 2.45) is 0 Å². The Hall–Kier alpha value is -1.52. The number of phenolic OH excluding ortho intramolecular Hbond substituents is 1. The van der Waals surface area contributed by atoms with Gasteiger partial charge < -0.3 is 15.2 Å². The summed E-state index contributed by atoms with van der Waals surface area (Å²) < 4.78 is 6.18. The Morgan fingerprint density at radius 3 is 2.71 bits per heavy atom. The van der Waals surface area contributed by atoms with Gasteiger partial charge in [-0.15, -0.1) is 0 Å². The molecule has 21 heavy (non-hydrogen) atoms. The average molecular weight is 350 g/mol. The summed E-state index contributed by atoms with van der Waals surface area (Å²) in [6, 6.07) is 12.0. The highest BCUT2D eigenvalue weighted by molar-refractivity contribution is 9.10. The standard InChI is InChI=1S/C17H20BrNO2/c1-11-5-4-6-14(17(11)20)10-19-12(2)13-7-8-16(21-3)15(18)9-13/h4-9,12,19-20H,10H2,1-3H3. The van der Waals surface area contributed by atoms with Gasteiger partial charge in [0, 0.05) is 18.2 Å². The fourth-order valence-corrected chi connectivity index (χ4v) is 2.75. The molecule has 2 aromatic carbocycles. The molecule has 0 fully saturated rings. The number of aromatic hydroxyl groups is 1. The van der Waals surface area contributed by atoms with Gasteiger partial charge in [-0.2, -0.15) is 0 Å². The summed E-state index contributed by atoms with van der Waals surface area (Å²) >= 11 is 3.50. The average Bonchev–Trinajstić information content (AvgIpc) is 2.48. The van der Waals surface area contributed by atoms with E-state index in [0.717, 1.165) is 26.9 Å². The van der Waals surface area contributed by atoms with Crippen LogP contribution in [0.25, 0.3) is 0 Å². The highest BCUT2D eigenvalue weighted by Gasteiger charge is 2.10. The highest BCUT2D eigenvalue weighted by Crippen LogP contribution is 2.28. The topological polar surface area (TPSA) is 41.5 Å². The molecule has 1 atom stereocenters. The van der Waals surface area contributed by atoms with Crippen LogP contribution in [0.2, 0.25) is 0 Å². The third kappa shape index (κ3) is 3.77. The highest BCUT2D eigenvalue weighted by atomic mass is 79.9. The molecule has 0 bridgehead atoms. The number of aryl methyl sites for hydroxylation is 1. The molecule has 2 N–H and O–H groups in total. The van der Waals surface area contributed by atoms with E-state index in [4.69, 9.17) is 4.74 Å². The van der Waals surface area contributed by atoms with Crippen LogP contribution < -0.4 is 10.1 Å². The first-order chi connectivity index (χ1) is 10.0. The zero-order valence-electron chi connectivity index (χ0n) is 12.5. The molecular formula is C17H20BrNO2. The van der Waals surface area contributed by atoms with Crippen LogP contribution in [-0.2, 0) is 6.54 Å². The molecule has 112 valence electrons. The number of rotatable bonds is 5. The van der Waals surface area contributed by atoms with Crippen molar-refractivity contribution in [3.8, 4) is 11.5 Å². The number of hydrogen-bond donors (Lipinski definition) is 2. The van der Waals surface area contributed by atoms with Gasteiger partial charge in [-0.05, 0) is 53.0 Å². The number of benzene rings is 2. The Morgan fingerprint density at radius 1 is 1.29 bits per heavy atom. The van der Waals surface area contributed by atoms with Crippen LogP contribution in [0.4, 0.5) is 0 Å². The Balaban J connectivity index is 2.06. The first kappa shape index (κ1) is 15.9. The van der Waals surface area contributed by atoms with Gasteiger partial charge >= 0.3 is 0 Å². The lowest BCUT2D eigenvalue weighted by Gasteiger charge is -2.16. The molecular weight excluding hydrogens is 330 g/mol. The van der Waals surface area contributed by atoms with Gasteiger partial charge in [-0.3, -0.25) is 0 Å². The fraction of sp³-hybridized carbons (Fsp3) is 0.294. The second-order valence-electron chi connectivity index (χ2n) is 5.08. The van der Waals surface area contributed by atoms with Gasteiger partial charge in [0.05, 0.1) is 11.6 Å². The van der Waals surface area contributed by atoms with Crippen molar-refractivity contribution in [1.82, 2.24) is 5.32 Å². The van der Waals surface area contributed by atoms with E-state index in [1.807, 2.05) is 43.3 Å². The molecule has 2 aromatic rings. The summed E-state index contributed by atoms with van der Waals surface area (Å²) in [5, 5.41) is 13.5. The van der Waals surface area contributed by atoms with E-state index in [1.165, 1.54) is 0 Å². The molecule has 3 nitrogen and oxygen atoms in total. The van der Waals surface area contributed by atoms with Crippen LogP contribution in [0.15, 0.2) is 40.9 Å². The predicted octanol–water partition coefficient (Wildman–Crippen LogP) is 4.32. The van der Waals surface area contributed by atoms with Gasteiger partial charge in [0.25, 0.3) is 0 Å². The number of halogens is 1. The van der Waals surface area contributed by atoms with Gasteiger partial charge in [-0.25, -0.2) is 0 Å². The second-order valence-corrected chi connectivity index (χ2v) is 5.93. The molecule has 1 unspecified atom stereocenters. The summed E-state index contributed by atoms with van der Waals surface area (Å²) in [6.45, 7) is 4.63. The minimum absolute atomic E-state index is 0.173. The zero-order valence-corrected chi connectivity index (χ0v) is 14.1. The van der Waals surface area contributed by atoms with Crippen molar-refractivity contribution in [3.63, 3.8) is 0 Å². The second kappa shape index (κ2) is 6.96. The van der Waals surface area contributed by atoms with Crippen LogP contribution >= 0.6 is 15.9 Å². The number of methoxy groups -OCH3 is 1. The lowest BCUT2D eigenvalue weighted by Crippen LogP contribution is -2.18. The molecule has 0 radical (unpaired) electrons. The van der Waals surface area contributed by atoms with Gasteiger partial charge in [0.1, 0.15) is 11.5 Å². The van der Waals surface area contributed by atoms with Crippen LogP contribution in [0.5, 0.6) is 11.5 Å². The largest absolute Gasteiger partial charge is 0.507 e. The van der Waals surface area contributed by atoms with E-state index in [2.05, 4.69) is 28.2 Å². The van der Waals surface area contributed by atoms with Crippen molar-refractivity contribution in [2.75, 3.05) is 7.11 Å². The first-order valence-electron chi connectivity index (χ1n) is 6.87. The predicted molar refractivity (Wildman–Crippen MR) is 88.8 cm³/mol. The lowest BCUT2D eigenvalue weighted by molar-refractivity contribution is 0.411. The van der Waals surface area contributed by atoms with Crippen molar-refractivity contribution in [1.29, 1.82) is 0 Å². The lowest BCUT2D eigenvalue weighted by atomic mass is 10.1. The Bertz CT molecular complexity index is 628. The first-order valence-corrected chi connectivity index (χ1v) is 7.66. The van der Waals surface area contributed by atoms with Crippen LogP contribution in [0.3, 0.4) is 0 Å². The van der Waals surface area contributed by atoms with Gasteiger partial charge in [0.15, 0.2) is 0 Å². The van der Waals surface area contributed by atoms with Gasteiger partial charge in [-0.1, -0.05) is 24.3 Å². The maximum absolute atomic E-state index is 10.0. The van der Waals surface area contributed by atoms with E-state index >= 15 is 0 Å². The quantitative estimate of drug-likeness (QED) is 0.844.